The van der Waals surface area contributed by atoms with E-state index in [0.29, 0.717) is 5.92 Å². The van der Waals surface area contributed by atoms with Crippen molar-refractivity contribution in [2.24, 2.45) is 5.92 Å². The van der Waals surface area contributed by atoms with Gasteiger partial charge in [-0.2, -0.15) is 0 Å². The smallest absolute Gasteiger partial charge is 0.118 e. The minimum absolute atomic E-state index is 0.274. The van der Waals surface area contributed by atoms with Crippen molar-refractivity contribution >= 4 is 6.08 Å². The number of benzene rings is 1. The number of likely N-dealkylation sites (tertiary alicyclic amines) is 1. The van der Waals surface area contributed by atoms with Gasteiger partial charge in [0.1, 0.15) is 5.75 Å². The molecule has 2 fully saturated rings. The molecule has 2 atom stereocenters. The van der Waals surface area contributed by atoms with Gasteiger partial charge in [0.2, 0.25) is 0 Å². The van der Waals surface area contributed by atoms with E-state index in [1.165, 1.54) is 37.9 Å². The second-order valence-corrected chi connectivity index (χ2v) is 6.60. The molecule has 0 aromatic heterocycles. The van der Waals surface area contributed by atoms with Crippen LogP contribution < -0.4 is 4.74 Å². The third-order valence-electron chi connectivity index (χ3n) is 5.04. The SMILES string of the molecule is COc1ccc(/C=C2\CC[C@@H](CN3CCCCC3)[C@@H]2O)cc1. The quantitative estimate of drug-likeness (QED) is 0.926. The number of aliphatic hydroxyl groups excluding tert-OH is 1. The van der Waals surface area contributed by atoms with Crippen molar-refractivity contribution in [1.29, 1.82) is 0 Å². The summed E-state index contributed by atoms with van der Waals surface area (Å²) in [5.74, 6) is 1.28. The van der Waals surface area contributed by atoms with E-state index >= 15 is 0 Å². The maximum absolute atomic E-state index is 10.6. The van der Waals surface area contributed by atoms with Crippen molar-refractivity contribution in [1.82, 2.24) is 4.90 Å². The fourth-order valence-electron chi connectivity index (χ4n) is 3.70. The Morgan fingerprint density at radius 3 is 2.59 bits per heavy atom. The van der Waals surface area contributed by atoms with Crippen molar-refractivity contribution in [3.05, 3.63) is 35.4 Å². The van der Waals surface area contributed by atoms with Crippen molar-refractivity contribution in [2.75, 3.05) is 26.7 Å². The van der Waals surface area contributed by atoms with Crippen molar-refractivity contribution in [2.45, 2.75) is 38.2 Å². The molecular formula is C19H27NO2. The van der Waals surface area contributed by atoms with E-state index in [-0.39, 0.29) is 6.10 Å². The third-order valence-corrected chi connectivity index (χ3v) is 5.04. The summed E-state index contributed by atoms with van der Waals surface area (Å²) < 4.78 is 5.19. The van der Waals surface area contributed by atoms with E-state index in [9.17, 15) is 5.11 Å². The Kier molecular flexibility index (Phi) is 5.16. The van der Waals surface area contributed by atoms with Crippen LogP contribution in [0, 0.1) is 5.92 Å². The van der Waals surface area contributed by atoms with Gasteiger partial charge < -0.3 is 14.7 Å². The predicted molar refractivity (Wildman–Crippen MR) is 90.0 cm³/mol. The summed E-state index contributed by atoms with van der Waals surface area (Å²) in [6, 6.07) is 8.05. The molecule has 120 valence electrons. The van der Waals surface area contributed by atoms with Gasteiger partial charge >= 0.3 is 0 Å². The zero-order valence-electron chi connectivity index (χ0n) is 13.5. The molecule has 1 N–H and O–H groups in total. The molecule has 2 aliphatic rings. The molecule has 1 saturated heterocycles. The van der Waals surface area contributed by atoms with Gasteiger partial charge in [0.05, 0.1) is 13.2 Å². The molecule has 0 radical (unpaired) electrons. The van der Waals surface area contributed by atoms with E-state index in [1.54, 1.807) is 7.11 Å². The maximum atomic E-state index is 10.6. The molecule has 1 aromatic carbocycles. The summed E-state index contributed by atoms with van der Waals surface area (Å²) in [5.41, 5.74) is 2.33. The van der Waals surface area contributed by atoms with Gasteiger partial charge in [-0.15, -0.1) is 0 Å². The summed E-state index contributed by atoms with van der Waals surface area (Å²) in [7, 11) is 1.68. The molecule has 1 aliphatic carbocycles. The van der Waals surface area contributed by atoms with Gasteiger partial charge in [-0.3, -0.25) is 0 Å². The Labute approximate surface area is 133 Å². The summed E-state index contributed by atoms with van der Waals surface area (Å²) >= 11 is 0. The van der Waals surface area contributed by atoms with E-state index in [1.807, 2.05) is 12.1 Å². The molecule has 3 nitrogen and oxygen atoms in total. The second-order valence-electron chi connectivity index (χ2n) is 6.60. The lowest BCUT2D eigenvalue weighted by Crippen LogP contribution is -2.36. The topological polar surface area (TPSA) is 32.7 Å². The average molecular weight is 301 g/mol. The van der Waals surface area contributed by atoms with Crippen LogP contribution in [0.1, 0.15) is 37.7 Å². The molecule has 3 rings (SSSR count). The fourth-order valence-corrected chi connectivity index (χ4v) is 3.70. The van der Waals surface area contributed by atoms with Gasteiger partial charge in [-0.1, -0.05) is 24.6 Å². The molecule has 1 saturated carbocycles. The van der Waals surface area contributed by atoms with Crippen LogP contribution in [0.4, 0.5) is 0 Å². The summed E-state index contributed by atoms with van der Waals surface area (Å²) in [6.45, 7) is 3.47. The summed E-state index contributed by atoms with van der Waals surface area (Å²) in [4.78, 5) is 2.54. The van der Waals surface area contributed by atoms with E-state index in [0.717, 1.165) is 30.7 Å². The van der Waals surface area contributed by atoms with Crippen LogP contribution in [-0.2, 0) is 0 Å². The molecule has 0 amide bonds. The Balaban J connectivity index is 1.61. The first-order chi connectivity index (χ1) is 10.8. The first-order valence-corrected chi connectivity index (χ1v) is 8.51. The van der Waals surface area contributed by atoms with E-state index < -0.39 is 0 Å². The fraction of sp³-hybridized carbons (Fsp3) is 0.579. The Bertz CT molecular complexity index is 503. The summed E-state index contributed by atoms with van der Waals surface area (Å²) in [5, 5.41) is 10.6. The highest BCUT2D eigenvalue weighted by Crippen LogP contribution is 2.33. The lowest BCUT2D eigenvalue weighted by molar-refractivity contribution is 0.114. The number of ether oxygens (including phenoxy) is 1. The van der Waals surface area contributed by atoms with Crippen molar-refractivity contribution < 1.29 is 9.84 Å². The highest BCUT2D eigenvalue weighted by atomic mass is 16.5. The van der Waals surface area contributed by atoms with Gasteiger partial charge in [0.15, 0.2) is 0 Å². The average Bonchev–Trinajstić information content (AvgIpc) is 2.90. The van der Waals surface area contributed by atoms with Gasteiger partial charge in [-0.05, 0) is 62.0 Å². The Hall–Kier alpha value is -1.32. The number of methoxy groups -OCH3 is 1. The maximum Gasteiger partial charge on any atom is 0.118 e. The largest absolute Gasteiger partial charge is 0.497 e. The molecule has 0 unspecified atom stereocenters. The van der Waals surface area contributed by atoms with Crippen LogP contribution in [0.15, 0.2) is 29.8 Å². The lowest BCUT2D eigenvalue weighted by Gasteiger charge is -2.30. The van der Waals surface area contributed by atoms with Crippen LogP contribution in [0.3, 0.4) is 0 Å². The number of hydrogen-bond acceptors (Lipinski definition) is 3. The van der Waals surface area contributed by atoms with E-state index in [2.05, 4.69) is 23.1 Å². The lowest BCUT2D eigenvalue weighted by atomic mass is 10.0. The van der Waals surface area contributed by atoms with Gasteiger partial charge in [-0.25, -0.2) is 0 Å². The minimum atomic E-state index is -0.274. The molecule has 1 aromatic rings. The van der Waals surface area contributed by atoms with Crippen LogP contribution in [0.25, 0.3) is 6.08 Å². The number of piperidine rings is 1. The van der Waals surface area contributed by atoms with Crippen LogP contribution in [0.2, 0.25) is 0 Å². The molecule has 0 bridgehead atoms. The van der Waals surface area contributed by atoms with Crippen molar-refractivity contribution in [3.8, 4) is 5.75 Å². The molecule has 1 aliphatic heterocycles. The molecule has 1 heterocycles. The molecule has 0 spiro atoms. The molecular weight excluding hydrogens is 274 g/mol. The number of aliphatic hydroxyl groups is 1. The molecule has 3 heteroatoms. The number of nitrogens with zero attached hydrogens (tertiary/aromatic N) is 1. The standard InChI is InChI=1S/C19H27NO2/c1-22-18-9-5-15(6-10-18)13-16-7-8-17(19(16)21)14-20-11-3-2-4-12-20/h5-6,9-10,13,17,19,21H,2-4,7-8,11-12,14H2,1H3/b16-13+/t17-,19+/m0/s1. The van der Waals surface area contributed by atoms with Crippen LogP contribution in [-0.4, -0.2) is 42.9 Å². The Morgan fingerprint density at radius 2 is 1.91 bits per heavy atom. The monoisotopic (exact) mass is 301 g/mol. The number of hydrogen-bond donors (Lipinski definition) is 1. The zero-order chi connectivity index (χ0) is 15.4. The zero-order valence-corrected chi connectivity index (χ0v) is 13.5. The highest BCUT2D eigenvalue weighted by molar-refractivity contribution is 5.55. The Morgan fingerprint density at radius 1 is 1.18 bits per heavy atom. The van der Waals surface area contributed by atoms with Crippen LogP contribution in [0.5, 0.6) is 5.75 Å². The van der Waals surface area contributed by atoms with Gasteiger partial charge in [0, 0.05) is 12.5 Å². The first kappa shape index (κ1) is 15.6. The second kappa shape index (κ2) is 7.30. The normalized spacial score (nSPS) is 28.2. The minimum Gasteiger partial charge on any atom is -0.497 e. The third kappa shape index (κ3) is 3.71. The summed E-state index contributed by atoms with van der Waals surface area (Å²) in [6.07, 6.45) is 8.01. The molecule has 22 heavy (non-hydrogen) atoms. The number of rotatable bonds is 4. The van der Waals surface area contributed by atoms with E-state index in [4.69, 9.17) is 4.74 Å². The highest BCUT2D eigenvalue weighted by Gasteiger charge is 2.31. The first-order valence-electron chi connectivity index (χ1n) is 8.51. The predicted octanol–water partition coefficient (Wildman–Crippen LogP) is 3.34. The van der Waals surface area contributed by atoms with Gasteiger partial charge in [0.25, 0.3) is 0 Å². The van der Waals surface area contributed by atoms with Crippen LogP contribution >= 0.6 is 0 Å². The van der Waals surface area contributed by atoms with Crippen molar-refractivity contribution in [3.63, 3.8) is 0 Å².